The lowest BCUT2D eigenvalue weighted by molar-refractivity contribution is -0.137. The number of rotatable bonds is 7. The third-order valence-corrected chi connectivity index (χ3v) is 3.59. The Morgan fingerprint density at radius 3 is 2.43 bits per heavy atom. The summed E-state index contributed by atoms with van der Waals surface area (Å²) in [6.45, 7) is 1.76. The molecule has 0 heterocycles. The van der Waals surface area contributed by atoms with Crippen LogP contribution in [0.1, 0.15) is 18.1 Å². The largest absolute Gasteiger partial charge is 0.492 e. The number of urea groups is 1. The lowest BCUT2D eigenvalue weighted by Crippen LogP contribution is -2.41. The van der Waals surface area contributed by atoms with Crippen LogP contribution >= 0.6 is 0 Å². The third kappa shape index (κ3) is 6.49. The van der Waals surface area contributed by atoms with Crippen LogP contribution in [0.4, 0.5) is 23.7 Å². The van der Waals surface area contributed by atoms with Crippen LogP contribution in [0.25, 0.3) is 0 Å². The first-order valence-electron chi connectivity index (χ1n) is 8.49. The molecule has 0 fully saturated rings. The highest BCUT2D eigenvalue weighted by Crippen LogP contribution is 2.34. The van der Waals surface area contributed by atoms with E-state index in [1.165, 1.54) is 6.07 Å². The Morgan fingerprint density at radius 2 is 1.79 bits per heavy atom. The summed E-state index contributed by atoms with van der Waals surface area (Å²) in [5.41, 5.74) is -0.00969. The van der Waals surface area contributed by atoms with Gasteiger partial charge in [-0.05, 0) is 30.7 Å². The van der Waals surface area contributed by atoms with Gasteiger partial charge < -0.3 is 15.4 Å². The monoisotopic (exact) mass is 395 g/mol. The third-order valence-electron chi connectivity index (χ3n) is 3.59. The first-order chi connectivity index (χ1) is 13.3. The Balaban J connectivity index is 1.91. The summed E-state index contributed by atoms with van der Waals surface area (Å²) in [5.74, 6) is -0.526. The van der Waals surface area contributed by atoms with Crippen molar-refractivity contribution in [2.75, 3.05) is 18.5 Å². The minimum Gasteiger partial charge on any atom is -0.492 e. The van der Waals surface area contributed by atoms with Crippen LogP contribution in [0.3, 0.4) is 0 Å². The molecule has 2 rings (SSSR count). The van der Waals surface area contributed by atoms with Gasteiger partial charge in [0.15, 0.2) is 0 Å². The second-order valence-corrected chi connectivity index (χ2v) is 5.71. The van der Waals surface area contributed by atoms with Crippen LogP contribution in [-0.4, -0.2) is 25.1 Å². The number of hydrogen-bond donors (Lipinski definition) is 3. The van der Waals surface area contributed by atoms with Crippen molar-refractivity contribution in [2.24, 2.45) is 0 Å². The van der Waals surface area contributed by atoms with Crippen molar-refractivity contribution in [1.29, 1.82) is 0 Å². The van der Waals surface area contributed by atoms with Gasteiger partial charge in [0.25, 0.3) is 0 Å². The van der Waals surface area contributed by atoms with Crippen molar-refractivity contribution in [3.8, 4) is 5.75 Å². The summed E-state index contributed by atoms with van der Waals surface area (Å²) in [6.07, 6.45) is -4.53. The van der Waals surface area contributed by atoms with Gasteiger partial charge >= 0.3 is 12.2 Å². The zero-order chi connectivity index (χ0) is 20.6. The molecule has 9 heteroatoms. The van der Waals surface area contributed by atoms with Crippen LogP contribution in [0.15, 0.2) is 48.5 Å². The molecule has 2 aromatic rings. The number of ether oxygens (including phenoxy) is 1. The maximum Gasteiger partial charge on any atom is 0.416 e. The van der Waals surface area contributed by atoms with Gasteiger partial charge in [0.05, 0.1) is 24.4 Å². The summed E-state index contributed by atoms with van der Waals surface area (Å²) < 4.78 is 43.9. The average Bonchev–Trinajstić information content (AvgIpc) is 2.66. The highest BCUT2D eigenvalue weighted by atomic mass is 19.4. The molecule has 0 spiro atoms. The average molecular weight is 395 g/mol. The van der Waals surface area contributed by atoms with Gasteiger partial charge in [-0.15, -0.1) is 0 Å². The van der Waals surface area contributed by atoms with Crippen molar-refractivity contribution in [1.82, 2.24) is 10.6 Å². The maximum atomic E-state index is 12.9. The molecule has 3 N–H and O–H groups in total. The van der Waals surface area contributed by atoms with E-state index in [4.69, 9.17) is 4.74 Å². The Kier molecular flexibility index (Phi) is 7.25. The molecule has 0 aliphatic heterocycles. The minimum atomic E-state index is -4.53. The van der Waals surface area contributed by atoms with Gasteiger partial charge in [-0.1, -0.05) is 30.3 Å². The van der Waals surface area contributed by atoms with Crippen molar-refractivity contribution in [3.63, 3.8) is 0 Å². The normalized spacial score (nSPS) is 10.9. The predicted molar refractivity (Wildman–Crippen MR) is 97.9 cm³/mol. The molecule has 0 aliphatic rings. The van der Waals surface area contributed by atoms with Crippen molar-refractivity contribution in [3.05, 3.63) is 59.7 Å². The summed E-state index contributed by atoms with van der Waals surface area (Å²) in [5, 5.41) is 7.19. The zero-order valence-corrected chi connectivity index (χ0v) is 15.1. The van der Waals surface area contributed by atoms with Gasteiger partial charge in [-0.25, -0.2) is 4.79 Å². The number of halogens is 3. The van der Waals surface area contributed by atoms with Crippen molar-refractivity contribution in [2.45, 2.75) is 19.6 Å². The number of alkyl halides is 3. The fraction of sp³-hybridized carbons (Fsp3) is 0.263. The van der Waals surface area contributed by atoms with E-state index in [9.17, 15) is 22.8 Å². The van der Waals surface area contributed by atoms with E-state index in [-0.39, 0.29) is 24.6 Å². The highest BCUT2D eigenvalue weighted by molar-refractivity contribution is 5.96. The quantitative estimate of drug-likeness (QED) is 0.670. The predicted octanol–water partition coefficient (Wildman–Crippen LogP) is 3.54. The fourth-order valence-electron chi connectivity index (χ4n) is 2.29. The molecule has 0 radical (unpaired) electrons. The highest BCUT2D eigenvalue weighted by Gasteiger charge is 2.31. The van der Waals surface area contributed by atoms with Gasteiger partial charge in [0.2, 0.25) is 5.91 Å². The SMILES string of the molecule is CCOc1ccc(C(F)(F)F)cc1NCC(=O)NC(=O)NCc1ccccc1. The lowest BCUT2D eigenvalue weighted by Gasteiger charge is -2.15. The zero-order valence-electron chi connectivity index (χ0n) is 15.1. The molecule has 2 aromatic carbocycles. The Bertz CT molecular complexity index is 811. The number of carbonyl (C=O) groups is 2. The topological polar surface area (TPSA) is 79.5 Å². The van der Waals surface area contributed by atoms with E-state index in [1.807, 2.05) is 30.3 Å². The van der Waals surface area contributed by atoms with Crippen LogP contribution < -0.4 is 20.7 Å². The van der Waals surface area contributed by atoms with Crippen molar-refractivity contribution < 1.29 is 27.5 Å². The molecular formula is C19H20F3N3O3. The molecule has 0 unspecified atom stereocenters. The van der Waals surface area contributed by atoms with Gasteiger partial charge in [-0.3, -0.25) is 10.1 Å². The number of nitrogens with one attached hydrogen (secondary N) is 3. The number of imide groups is 1. The fourth-order valence-corrected chi connectivity index (χ4v) is 2.29. The summed E-state index contributed by atoms with van der Waals surface area (Å²) in [4.78, 5) is 23.6. The van der Waals surface area contributed by atoms with Crippen LogP contribution in [0.5, 0.6) is 5.75 Å². The molecule has 28 heavy (non-hydrogen) atoms. The van der Waals surface area contributed by atoms with Crippen LogP contribution in [0.2, 0.25) is 0 Å². The Morgan fingerprint density at radius 1 is 1.07 bits per heavy atom. The molecular weight excluding hydrogens is 375 g/mol. The number of benzene rings is 2. The summed E-state index contributed by atoms with van der Waals surface area (Å²) in [6, 6.07) is 11.3. The molecule has 0 bridgehead atoms. The summed E-state index contributed by atoms with van der Waals surface area (Å²) in [7, 11) is 0. The first-order valence-corrected chi connectivity index (χ1v) is 8.49. The van der Waals surface area contributed by atoms with E-state index in [1.54, 1.807) is 6.92 Å². The number of carbonyl (C=O) groups excluding carboxylic acids is 2. The smallest absolute Gasteiger partial charge is 0.416 e. The number of hydrogen-bond acceptors (Lipinski definition) is 4. The molecule has 6 nitrogen and oxygen atoms in total. The molecule has 0 aromatic heterocycles. The van der Waals surface area contributed by atoms with E-state index in [0.29, 0.717) is 0 Å². The minimum absolute atomic E-state index is 0.0107. The van der Waals surface area contributed by atoms with Crippen molar-refractivity contribution >= 4 is 17.6 Å². The summed E-state index contributed by atoms with van der Waals surface area (Å²) >= 11 is 0. The second-order valence-electron chi connectivity index (χ2n) is 5.71. The van der Waals surface area contributed by atoms with E-state index in [2.05, 4.69) is 16.0 Å². The molecule has 0 aliphatic carbocycles. The lowest BCUT2D eigenvalue weighted by atomic mass is 10.1. The van der Waals surface area contributed by atoms with Gasteiger partial charge in [0.1, 0.15) is 5.75 Å². The van der Waals surface area contributed by atoms with Crippen LogP contribution in [0, 0.1) is 0 Å². The Labute approximate surface area is 160 Å². The number of anilines is 1. The van der Waals surface area contributed by atoms with Crippen LogP contribution in [-0.2, 0) is 17.5 Å². The van der Waals surface area contributed by atoms with Gasteiger partial charge in [-0.2, -0.15) is 13.2 Å². The molecule has 150 valence electrons. The van der Waals surface area contributed by atoms with E-state index in [0.717, 1.165) is 17.7 Å². The maximum absolute atomic E-state index is 12.9. The molecule has 0 atom stereocenters. The Hall–Kier alpha value is -3.23. The molecule has 0 saturated heterocycles. The number of amides is 3. The van der Waals surface area contributed by atoms with E-state index < -0.39 is 30.2 Å². The van der Waals surface area contributed by atoms with E-state index >= 15 is 0 Å². The standard InChI is InChI=1S/C19H20F3N3O3/c1-2-28-16-9-8-14(19(20,21)22)10-15(16)23-12-17(26)25-18(27)24-11-13-6-4-3-5-7-13/h3-10,23H,2,11-12H2,1H3,(H2,24,25,26,27). The van der Waals surface area contributed by atoms with Gasteiger partial charge in [0, 0.05) is 6.54 Å². The molecule has 0 saturated carbocycles. The first kappa shape index (κ1) is 21.1. The second kappa shape index (κ2) is 9.63. The molecule has 3 amide bonds.